The maximum atomic E-state index is 14.0. The van der Waals surface area contributed by atoms with Crippen molar-refractivity contribution in [3.8, 4) is 0 Å². The third kappa shape index (κ3) is 3.28. The predicted molar refractivity (Wildman–Crippen MR) is 77.8 cm³/mol. The second-order valence-electron chi connectivity index (χ2n) is 6.09. The summed E-state index contributed by atoms with van der Waals surface area (Å²) in [6, 6.07) is 4.70. The molecule has 0 spiro atoms. The van der Waals surface area contributed by atoms with Gasteiger partial charge in [-0.2, -0.15) is 0 Å². The molecule has 1 fully saturated rings. The molecule has 1 saturated heterocycles. The van der Waals surface area contributed by atoms with Gasteiger partial charge in [0.15, 0.2) is 0 Å². The van der Waals surface area contributed by atoms with Crippen LogP contribution in [0.3, 0.4) is 0 Å². The zero-order valence-electron chi connectivity index (χ0n) is 11.6. The van der Waals surface area contributed by atoms with Crippen LogP contribution in [0.4, 0.5) is 4.39 Å². The van der Waals surface area contributed by atoms with Crippen molar-refractivity contribution >= 4 is 11.6 Å². The van der Waals surface area contributed by atoms with Crippen molar-refractivity contribution in [1.82, 2.24) is 4.90 Å². The molecule has 0 saturated carbocycles. The fourth-order valence-corrected chi connectivity index (χ4v) is 3.01. The fourth-order valence-electron chi connectivity index (χ4n) is 2.72. The van der Waals surface area contributed by atoms with Crippen LogP contribution in [0.1, 0.15) is 38.3 Å². The number of rotatable bonds is 3. The van der Waals surface area contributed by atoms with Gasteiger partial charge in [0.05, 0.1) is 6.04 Å². The normalized spacial score (nSPS) is 21.3. The maximum Gasteiger partial charge on any atom is 0.129 e. The minimum absolute atomic E-state index is 0.121. The second-order valence-corrected chi connectivity index (χ2v) is 6.49. The molecule has 4 heteroatoms. The molecular weight excluding hydrogens is 263 g/mol. The van der Waals surface area contributed by atoms with Gasteiger partial charge in [-0.15, -0.1) is 0 Å². The van der Waals surface area contributed by atoms with Crippen LogP contribution < -0.4 is 5.73 Å². The Hall–Kier alpha value is -0.640. The number of nitrogens with zero attached hydrogens (tertiary/aromatic N) is 1. The van der Waals surface area contributed by atoms with Gasteiger partial charge in [-0.1, -0.05) is 31.5 Å². The van der Waals surface area contributed by atoms with E-state index in [0.29, 0.717) is 22.5 Å². The Kier molecular flexibility index (Phi) is 4.49. The van der Waals surface area contributed by atoms with Crippen LogP contribution in [0.2, 0.25) is 5.02 Å². The summed E-state index contributed by atoms with van der Waals surface area (Å²) in [6.45, 7) is 6.83. The smallest absolute Gasteiger partial charge is 0.129 e. The highest BCUT2D eigenvalue weighted by Gasteiger charge is 2.31. The number of halogens is 2. The minimum Gasteiger partial charge on any atom is -0.329 e. The Balaban J connectivity index is 2.21. The van der Waals surface area contributed by atoms with Crippen molar-refractivity contribution in [2.75, 3.05) is 19.6 Å². The SMILES string of the molecule is CC1(C)CCN(C(CN)c2c(F)cccc2Cl)CC1. The molecule has 0 amide bonds. The van der Waals surface area contributed by atoms with Crippen LogP contribution >= 0.6 is 11.6 Å². The third-order valence-corrected chi connectivity index (χ3v) is 4.48. The average molecular weight is 285 g/mol. The first-order valence-electron chi connectivity index (χ1n) is 6.82. The standard InChI is InChI=1S/C15H22ClFN2/c1-15(2)6-8-19(9-7-15)13(10-18)14-11(16)4-3-5-12(14)17/h3-5,13H,6-10,18H2,1-2H3. The zero-order chi connectivity index (χ0) is 14.0. The highest BCUT2D eigenvalue weighted by molar-refractivity contribution is 6.31. The van der Waals surface area contributed by atoms with E-state index in [1.54, 1.807) is 12.1 Å². The van der Waals surface area contributed by atoms with E-state index in [2.05, 4.69) is 18.7 Å². The number of piperidine rings is 1. The molecule has 1 aromatic rings. The Morgan fingerprint density at radius 1 is 1.37 bits per heavy atom. The van der Waals surface area contributed by atoms with Crippen molar-refractivity contribution in [1.29, 1.82) is 0 Å². The average Bonchev–Trinajstić information content (AvgIpc) is 2.35. The van der Waals surface area contributed by atoms with E-state index in [1.165, 1.54) is 6.07 Å². The lowest BCUT2D eigenvalue weighted by Crippen LogP contribution is -2.42. The van der Waals surface area contributed by atoms with Gasteiger partial charge in [0, 0.05) is 17.1 Å². The highest BCUT2D eigenvalue weighted by atomic mass is 35.5. The van der Waals surface area contributed by atoms with Crippen LogP contribution in [-0.2, 0) is 0 Å². The summed E-state index contributed by atoms with van der Waals surface area (Å²) in [4.78, 5) is 2.26. The van der Waals surface area contributed by atoms with Crippen molar-refractivity contribution < 1.29 is 4.39 Å². The molecule has 0 radical (unpaired) electrons. The van der Waals surface area contributed by atoms with E-state index in [1.807, 2.05) is 0 Å². The molecule has 1 aliphatic rings. The van der Waals surface area contributed by atoms with E-state index in [-0.39, 0.29) is 11.9 Å². The molecule has 0 aliphatic carbocycles. The molecule has 2 N–H and O–H groups in total. The Labute approximate surface area is 119 Å². The molecule has 2 nitrogen and oxygen atoms in total. The molecular formula is C15H22ClFN2. The molecule has 1 heterocycles. The first-order chi connectivity index (χ1) is 8.94. The maximum absolute atomic E-state index is 14.0. The lowest BCUT2D eigenvalue weighted by Gasteiger charge is -2.41. The summed E-state index contributed by atoms with van der Waals surface area (Å²) >= 11 is 6.16. The first kappa shape index (κ1) is 14.8. The molecule has 0 bridgehead atoms. The van der Waals surface area contributed by atoms with Crippen LogP contribution in [-0.4, -0.2) is 24.5 Å². The molecule has 19 heavy (non-hydrogen) atoms. The Morgan fingerprint density at radius 2 is 2.00 bits per heavy atom. The topological polar surface area (TPSA) is 29.3 Å². The summed E-state index contributed by atoms with van der Waals surface area (Å²) in [7, 11) is 0. The second kappa shape index (κ2) is 5.78. The van der Waals surface area contributed by atoms with Gasteiger partial charge in [0.25, 0.3) is 0 Å². The monoisotopic (exact) mass is 284 g/mol. The number of hydrogen-bond donors (Lipinski definition) is 1. The number of nitrogens with two attached hydrogens (primary N) is 1. The van der Waals surface area contributed by atoms with Crippen molar-refractivity contribution in [2.45, 2.75) is 32.7 Å². The minimum atomic E-state index is -0.257. The lowest BCUT2D eigenvalue weighted by atomic mass is 9.82. The summed E-state index contributed by atoms with van der Waals surface area (Å²) in [5, 5.41) is 0.472. The summed E-state index contributed by atoms with van der Waals surface area (Å²) < 4.78 is 14.0. The summed E-state index contributed by atoms with van der Waals surface area (Å²) in [5.74, 6) is -0.257. The van der Waals surface area contributed by atoms with E-state index in [0.717, 1.165) is 25.9 Å². The lowest BCUT2D eigenvalue weighted by molar-refractivity contribution is 0.0950. The molecule has 1 aliphatic heterocycles. The Bertz CT molecular complexity index is 418. The number of hydrogen-bond acceptors (Lipinski definition) is 2. The van der Waals surface area contributed by atoms with E-state index in [9.17, 15) is 4.39 Å². The van der Waals surface area contributed by atoms with Gasteiger partial charge < -0.3 is 5.73 Å². The summed E-state index contributed by atoms with van der Waals surface area (Å²) in [5.41, 5.74) is 6.79. The molecule has 2 rings (SSSR count). The van der Waals surface area contributed by atoms with Gasteiger partial charge >= 0.3 is 0 Å². The van der Waals surface area contributed by atoms with E-state index in [4.69, 9.17) is 17.3 Å². The first-order valence-corrected chi connectivity index (χ1v) is 7.20. The van der Waals surface area contributed by atoms with Crippen LogP contribution in [0, 0.1) is 11.2 Å². The summed E-state index contributed by atoms with van der Waals surface area (Å²) in [6.07, 6.45) is 2.21. The molecule has 106 valence electrons. The zero-order valence-corrected chi connectivity index (χ0v) is 12.4. The molecule has 0 aromatic heterocycles. The molecule has 1 unspecified atom stereocenters. The van der Waals surface area contributed by atoms with Gasteiger partial charge in [-0.25, -0.2) is 4.39 Å². The Morgan fingerprint density at radius 3 is 2.53 bits per heavy atom. The van der Waals surface area contributed by atoms with E-state index < -0.39 is 0 Å². The predicted octanol–water partition coefficient (Wildman–Crippen LogP) is 3.60. The third-order valence-electron chi connectivity index (χ3n) is 4.15. The van der Waals surface area contributed by atoms with Crippen LogP contribution in [0.25, 0.3) is 0 Å². The van der Waals surface area contributed by atoms with Crippen molar-refractivity contribution in [2.24, 2.45) is 11.1 Å². The number of benzene rings is 1. The molecule has 1 aromatic carbocycles. The number of likely N-dealkylation sites (tertiary alicyclic amines) is 1. The van der Waals surface area contributed by atoms with Gasteiger partial charge in [0.2, 0.25) is 0 Å². The fraction of sp³-hybridized carbons (Fsp3) is 0.600. The van der Waals surface area contributed by atoms with Gasteiger partial charge in [-0.05, 0) is 43.5 Å². The van der Waals surface area contributed by atoms with Crippen LogP contribution in [0.5, 0.6) is 0 Å². The van der Waals surface area contributed by atoms with Gasteiger partial charge in [0.1, 0.15) is 5.82 Å². The van der Waals surface area contributed by atoms with Gasteiger partial charge in [-0.3, -0.25) is 4.90 Å². The van der Waals surface area contributed by atoms with Crippen molar-refractivity contribution in [3.63, 3.8) is 0 Å². The quantitative estimate of drug-likeness (QED) is 0.919. The molecule has 1 atom stereocenters. The van der Waals surface area contributed by atoms with E-state index >= 15 is 0 Å². The largest absolute Gasteiger partial charge is 0.329 e. The highest BCUT2D eigenvalue weighted by Crippen LogP contribution is 2.36. The van der Waals surface area contributed by atoms with Crippen molar-refractivity contribution in [3.05, 3.63) is 34.6 Å². The van der Waals surface area contributed by atoms with Crippen LogP contribution in [0.15, 0.2) is 18.2 Å².